The van der Waals surface area contributed by atoms with E-state index < -0.39 is 11.6 Å². The number of fused-ring (bicyclic) bond motifs is 1. The maximum absolute atomic E-state index is 13.5. The van der Waals surface area contributed by atoms with E-state index in [4.69, 9.17) is 9.47 Å². The molecule has 2 amide bonds. The third kappa shape index (κ3) is 4.50. The molecule has 0 bridgehead atoms. The summed E-state index contributed by atoms with van der Waals surface area (Å²) in [5.74, 6) is 0.600. The van der Waals surface area contributed by atoms with Crippen molar-refractivity contribution in [3.05, 3.63) is 47.3 Å². The van der Waals surface area contributed by atoms with Gasteiger partial charge in [0.1, 0.15) is 23.1 Å². The Hall–Kier alpha value is -2.87. The van der Waals surface area contributed by atoms with Gasteiger partial charge in [-0.3, -0.25) is 14.3 Å². The van der Waals surface area contributed by atoms with E-state index >= 15 is 0 Å². The van der Waals surface area contributed by atoms with Gasteiger partial charge in [-0.25, -0.2) is 0 Å². The minimum absolute atomic E-state index is 0.129. The zero-order valence-corrected chi connectivity index (χ0v) is 19.3. The highest BCUT2D eigenvalue weighted by molar-refractivity contribution is 5.96. The van der Waals surface area contributed by atoms with Crippen LogP contribution in [-0.4, -0.2) is 57.9 Å². The lowest BCUT2D eigenvalue weighted by Crippen LogP contribution is -2.54. The number of amides is 2. The van der Waals surface area contributed by atoms with Crippen LogP contribution in [0.5, 0.6) is 5.75 Å². The second-order valence-electron chi connectivity index (χ2n) is 9.13. The molecule has 0 saturated carbocycles. The lowest BCUT2D eigenvalue weighted by atomic mass is 9.93. The van der Waals surface area contributed by atoms with E-state index in [0.29, 0.717) is 32.0 Å². The molecule has 1 atom stereocenters. The molecule has 2 aliphatic rings. The van der Waals surface area contributed by atoms with Crippen molar-refractivity contribution in [2.75, 3.05) is 19.8 Å². The van der Waals surface area contributed by atoms with Crippen LogP contribution >= 0.6 is 0 Å². The topological polar surface area (TPSA) is 85.7 Å². The molecule has 8 nitrogen and oxygen atoms in total. The summed E-state index contributed by atoms with van der Waals surface area (Å²) in [6.45, 7) is 7.91. The maximum Gasteiger partial charge on any atom is 0.270 e. The summed E-state index contributed by atoms with van der Waals surface area (Å²) in [7, 11) is 1.74. The maximum atomic E-state index is 13.5. The Morgan fingerprint density at radius 2 is 1.88 bits per heavy atom. The highest BCUT2D eigenvalue weighted by atomic mass is 16.5. The Bertz CT molecular complexity index is 994. The molecule has 0 radical (unpaired) electrons. The number of hydrogen-bond donors (Lipinski definition) is 1. The zero-order valence-electron chi connectivity index (χ0n) is 19.3. The third-order valence-electron chi connectivity index (χ3n) is 6.30. The number of aromatic nitrogens is 2. The van der Waals surface area contributed by atoms with E-state index in [1.165, 1.54) is 0 Å². The number of rotatable bonds is 4. The lowest BCUT2D eigenvalue weighted by molar-refractivity contribution is -0.138. The molecule has 8 heteroatoms. The fourth-order valence-electron chi connectivity index (χ4n) is 4.36. The number of hydrogen-bond acceptors (Lipinski definition) is 5. The highest BCUT2D eigenvalue weighted by Crippen LogP contribution is 2.35. The first-order chi connectivity index (χ1) is 15.3. The standard InChI is InChI=1S/C24H32N4O4/c1-16(2)19-13-20(27(4)26-19)22(29)25-17(3)23(30)28-14-18-7-5-6-8-21(18)32-24(15-28)9-11-31-12-10-24/h5-8,13,16-17H,9-12,14-15H2,1-4H3,(H,25,29). The molecule has 1 spiro atoms. The summed E-state index contributed by atoms with van der Waals surface area (Å²) in [5, 5.41) is 7.27. The molecule has 2 aromatic rings. The second kappa shape index (κ2) is 8.94. The number of para-hydroxylation sites is 1. The largest absolute Gasteiger partial charge is 0.485 e. The number of ether oxygens (including phenoxy) is 2. The molecule has 32 heavy (non-hydrogen) atoms. The van der Waals surface area contributed by atoms with Gasteiger partial charge in [-0.1, -0.05) is 32.0 Å². The smallest absolute Gasteiger partial charge is 0.270 e. The second-order valence-corrected chi connectivity index (χ2v) is 9.13. The van der Waals surface area contributed by atoms with Crippen molar-refractivity contribution in [3.63, 3.8) is 0 Å². The van der Waals surface area contributed by atoms with Crippen molar-refractivity contribution in [1.82, 2.24) is 20.0 Å². The molecule has 172 valence electrons. The van der Waals surface area contributed by atoms with E-state index in [2.05, 4.69) is 10.4 Å². The Morgan fingerprint density at radius 1 is 1.16 bits per heavy atom. The van der Waals surface area contributed by atoms with Crippen LogP contribution in [0.3, 0.4) is 0 Å². The monoisotopic (exact) mass is 440 g/mol. The van der Waals surface area contributed by atoms with Gasteiger partial charge in [0, 0.05) is 32.0 Å². The normalized spacial score (nSPS) is 18.6. The minimum Gasteiger partial charge on any atom is -0.485 e. The lowest BCUT2D eigenvalue weighted by Gasteiger charge is -2.39. The SMILES string of the molecule is CC(NC(=O)c1cc(C(C)C)nn1C)C(=O)N1Cc2ccccc2OC2(CCOCC2)C1. The Labute approximate surface area is 188 Å². The first-order valence-corrected chi connectivity index (χ1v) is 11.3. The van der Waals surface area contributed by atoms with Gasteiger partial charge in [-0.2, -0.15) is 5.10 Å². The number of carbonyl (C=O) groups excluding carboxylic acids is 2. The van der Waals surface area contributed by atoms with Gasteiger partial charge in [-0.15, -0.1) is 0 Å². The van der Waals surface area contributed by atoms with E-state index in [0.717, 1.165) is 29.8 Å². The summed E-state index contributed by atoms with van der Waals surface area (Å²) >= 11 is 0. The van der Waals surface area contributed by atoms with Crippen LogP contribution < -0.4 is 10.1 Å². The number of nitrogens with zero attached hydrogens (tertiary/aromatic N) is 3. The van der Waals surface area contributed by atoms with Crippen molar-refractivity contribution in [3.8, 4) is 5.75 Å². The predicted octanol–water partition coefficient (Wildman–Crippen LogP) is 2.63. The summed E-state index contributed by atoms with van der Waals surface area (Å²) in [4.78, 5) is 28.1. The van der Waals surface area contributed by atoms with Crippen LogP contribution in [-0.2, 0) is 23.1 Å². The molecule has 0 aliphatic carbocycles. The molecular weight excluding hydrogens is 408 g/mol. The van der Waals surface area contributed by atoms with Crippen LogP contribution in [0.15, 0.2) is 30.3 Å². The Morgan fingerprint density at radius 3 is 2.56 bits per heavy atom. The summed E-state index contributed by atoms with van der Waals surface area (Å²) in [6.07, 6.45) is 1.44. The van der Waals surface area contributed by atoms with Crippen LogP contribution in [0.4, 0.5) is 0 Å². The van der Waals surface area contributed by atoms with Gasteiger partial charge in [0.25, 0.3) is 5.91 Å². The summed E-state index contributed by atoms with van der Waals surface area (Å²) < 4.78 is 13.6. The molecular formula is C24H32N4O4. The predicted molar refractivity (Wildman–Crippen MR) is 119 cm³/mol. The van der Waals surface area contributed by atoms with Crippen molar-refractivity contribution < 1.29 is 19.1 Å². The molecule has 1 saturated heterocycles. The Kier molecular flexibility index (Phi) is 6.24. The van der Waals surface area contributed by atoms with Crippen molar-refractivity contribution in [2.45, 2.75) is 57.7 Å². The van der Waals surface area contributed by atoms with Crippen LogP contribution in [0.25, 0.3) is 0 Å². The fraction of sp³-hybridized carbons (Fsp3) is 0.542. The molecule has 1 aromatic heterocycles. The van der Waals surface area contributed by atoms with E-state index in [1.807, 2.05) is 43.0 Å². The van der Waals surface area contributed by atoms with E-state index in [9.17, 15) is 9.59 Å². The first kappa shape index (κ1) is 22.3. The van der Waals surface area contributed by atoms with E-state index in [-0.39, 0.29) is 17.7 Å². The average molecular weight is 441 g/mol. The molecule has 1 fully saturated rings. The van der Waals surface area contributed by atoms with Gasteiger partial charge in [-0.05, 0) is 25.0 Å². The van der Waals surface area contributed by atoms with Crippen LogP contribution in [0.2, 0.25) is 0 Å². The van der Waals surface area contributed by atoms with Gasteiger partial charge >= 0.3 is 0 Å². The fourth-order valence-corrected chi connectivity index (χ4v) is 4.36. The average Bonchev–Trinajstić information content (AvgIpc) is 3.09. The molecule has 4 rings (SSSR count). The molecule has 1 aromatic carbocycles. The number of nitrogens with one attached hydrogen (secondary N) is 1. The van der Waals surface area contributed by atoms with Gasteiger partial charge < -0.3 is 19.7 Å². The quantitative estimate of drug-likeness (QED) is 0.790. The number of carbonyl (C=O) groups is 2. The van der Waals surface area contributed by atoms with E-state index in [1.54, 1.807) is 24.7 Å². The molecule has 3 heterocycles. The molecule has 1 unspecified atom stereocenters. The number of benzene rings is 1. The summed E-state index contributed by atoms with van der Waals surface area (Å²) in [5.41, 5.74) is 1.78. The Balaban J connectivity index is 1.52. The third-order valence-corrected chi connectivity index (χ3v) is 6.30. The highest BCUT2D eigenvalue weighted by Gasteiger charge is 2.41. The first-order valence-electron chi connectivity index (χ1n) is 11.3. The van der Waals surface area contributed by atoms with Gasteiger partial charge in [0.15, 0.2) is 0 Å². The molecule has 1 N–H and O–H groups in total. The number of aryl methyl sites for hydroxylation is 1. The van der Waals surface area contributed by atoms with Gasteiger partial charge in [0.05, 0.1) is 25.5 Å². The van der Waals surface area contributed by atoms with Crippen molar-refractivity contribution in [1.29, 1.82) is 0 Å². The van der Waals surface area contributed by atoms with Gasteiger partial charge in [0.2, 0.25) is 5.91 Å². The molecule has 2 aliphatic heterocycles. The van der Waals surface area contributed by atoms with Crippen LogP contribution in [0, 0.1) is 0 Å². The van der Waals surface area contributed by atoms with Crippen molar-refractivity contribution >= 4 is 11.8 Å². The van der Waals surface area contributed by atoms with Crippen LogP contribution in [0.1, 0.15) is 61.3 Å². The summed E-state index contributed by atoms with van der Waals surface area (Å²) in [6, 6.07) is 8.95. The zero-order chi connectivity index (χ0) is 22.9. The minimum atomic E-state index is -0.679. The van der Waals surface area contributed by atoms with Crippen molar-refractivity contribution in [2.24, 2.45) is 7.05 Å².